The quantitative estimate of drug-likeness (QED) is 0.297. The maximum Gasteiger partial charge on any atom is 0.313 e. The van der Waals surface area contributed by atoms with E-state index < -0.39 is 17.9 Å². The summed E-state index contributed by atoms with van der Waals surface area (Å²) in [4.78, 5) is 44.3. The molecular weight excluding hydrogens is 626 g/mol. The molecule has 3 aromatic carbocycles. The Hall–Kier alpha value is -3.05. The van der Waals surface area contributed by atoms with Crippen molar-refractivity contribution in [2.24, 2.45) is 0 Å². The van der Waals surface area contributed by atoms with Gasteiger partial charge in [0, 0.05) is 59.6 Å². The Kier molecular flexibility index (Phi) is 8.76. The second-order valence-electron chi connectivity index (χ2n) is 9.74. The topological polar surface area (TPSA) is 85.0 Å². The Balaban J connectivity index is 1.13. The van der Waals surface area contributed by atoms with Crippen LogP contribution in [-0.2, 0) is 27.5 Å². The Bertz CT molecular complexity index is 1340. The number of nitrogens with one attached hydrogen (secondary N) is 2. The SMILES string of the molecule is O=C(Nc1cc(Br)ccc1CN1CCN(Cc2ccccc2)CC1)C(=O)NC1CN(c2ccc(Br)cc2)C1=O. The van der Waals surface area contributed by atoms with E-state index in [0.717, 1.165) is 52.9 Å². The van der Waals surface area contributed by atoms with Crippen molar-refractivity contribution in [3.8, 4) is 0 Å². The minimum atomic E-state index is -0.829. The van der Waals surface area contributed by atoms with Gasteiger partial charge in [-0.25, -0.2) is 0 Å². The highest BCUT2D eigenvalue weighted by atomic mass is 79.9. The number of benzene rings is 3. The van der Waals surface area contributed by atoms with Gasteiger partial charge in [-0.15, -0.1) is 0 Å². The maximum absolute atomic E-state index is 12.8. The lowest BCUT2D eigenvalue weighted by atomic mass is 10.1. The number of rotatable bonds is 7. The van der Waals surface area contributed by atoms with Crippen molar-refractivity contribution in [1.29, 1.82) is 0 Å². The predicted molar refractivity (Wildman–Crippen MR) is 158 cm³/mol. The highest BCUT2D eigenvalue weighted by molar-refractivity contribution is 9.10. The molecule has 1 atom stereocenters. The molecule has 0 aromatic heterocycles. The lowest BCUT2D eigenvalue weighted by Gasteiger charge is -2.38. The number of nitrogens with zero attached hydrogens (tertiary/aromatic N) is 3. The largest absolute Gasteiger partial charge is 0.334 e. The molecule has 0 spiro atoms. The summed E-state index contributed by atoms with van der Waals surface area (Å²) in [6, 6.07) is 22.8. The van der Waals surface area contributed by atoms with Crippen molar-refractivity contribution in [1.82, 2.24) is 15.1 Å². The number of anilines is 2. The van der Waals surface area contributed by atoms with Crippen molar-refractivity contribution in [3.63, 3.8) is 0 Å². The summed E-state index contributed by atoms with van der Waals surface area (Å²) in [5.74, 6) is -1.87. The molecule has 0 radical (unpaired) electrons. The molecule has 2 aliphatic rings. The van der Waals surface area contributed by atoms with Gasteiger partial charge in [-0.1, -0.05) is 68.3 Å². The Morgan fingerprint density at radius 1 is 0.795 bits per heavy atom. The fraction of sp³-hybridized carbons (Fsp3) is 0.276. The van der Waals surface area contributed by atoms with Gasteiger partial charge in [-0.2, -0.15) is 0 Å². The summed E-state index contributed by atoms with van der Waals surface area (Å²) < 4.78 is 1.71. The van der Waals surface area contributed by atoms with Crippen LogP contribution in [0, 0.1) is 0 Å². The maximum atomic E-state index is 12.8. The van der Waals surface area contributed by atoms with E-state index in [1.165, 1.54) is 5.56 Å². The molecule has 0 saturated carbocycles. The van der Waals surface area contributed by atoms with E-state index in [2.05, 4.69) is 76.6 Å². The summed E-state index contributed by atoms with van der Waals surface area (Å²) in [6.45, 7) is 5.66. The highest BCUT2D eigenvalue weighted by Gasteiger charge is 2.39. The molecule has 5 rings (SSSR count). The smallest absolute Gasteiger partial charge is 0.313 e. The minimum absolute atomic E-state index is 0.243. The van der Waals surface area contributed by atoms with Crippen molar-refractivity contribution in [2.75, 3.05) is 42.9 Å². The van der Waals surface area contributed by atoms with Gasteiger partial charge >= 0.3 is 11.8 Å². The lowest BCUT2D eigenvalue weighted by Crippen LogP contribution is -2.65. The average Bonchev–Trinajstić information content (AvgIpc) is 2.94. The molecule has 2 fully saturated rings. The van der Waals surface area contributed by atoms with Gasteiger partial charge < -0.3 is 15.5 Å². The van der Waals surface area contributed by atoms with Gasteiger partial charge in [-0.05, 0) is 47.5 Å². The number of piperazine rings is 1. The van der Waals surface area contributed by atoms with Crippen LogP contribution in [0.1, 0.15) is 11.1 Å². The summed E-state index contributed by atoms with van der Waals surface area (Å²) >= 11 is 6.84. The normalized spacial score (nSPS) is 17.9. The second-order valence-corrected chi connectivity index (χ2v) is 11.6. The summed E-state index contributed by atoms with van der Waals surface area (Å²) in [6.07, 6.45) is 0. The Labute approximate surface area is 244 Å². The number of hydrogen-bond acceptors (Lipinski definition) is 5. The van der Waals surface area contributed by atoms with E-state index in [1.807, 2.05) is 42.5 Å². The average molecular weight is 655 g/mol. The van der Waals surface area contributed by atoms with Crippen LogP contribution in [-0.4, -0.2) is 66.3 Å². The molecule has 0 aliphatic carbocycles. The molecule has 2 heterocycles. The Morgan fingerprint density at radius 3 is 2.10 bits per heavy atom. The zero-order valence-electron chi connectivity index (χ0n) is 21.3. The molecule has 39 heavy (non-hydrogen) atoms. The van der Waals surface area contributed by atoms with Crippen molar-refractivity contribution in [3.05, 3.63) is 92.9 Å². The van der Waals surface area contributed by atoms with E-state index in [9.17, 15) is 14.4 Å². The fourth-order valence-corrected chi connectivity index (χ4v) is 5.41. The molecule has 2 N–H and O–H groups in total. The molecule has 3 amide bonds. The third-order valence-corrected chi connectivity index (χ3v) is 8.03. The van der Waals surface area contributed by atoms with Gasteiger partial charge in [0.25, 0.3) is 5.91 Å². The summed E-state index contributed by atoms with van der Waals surface area (Å²) in [5.41, 5.74) is 3.56. The highest BCUT2D eigenvalue weighted by Crippen LogP contribution is 2.25. The van der Waals surface area contributed by atoms with E-state index in [4.69, 9.17) is 0 Å². The first-order chi connectivity index (χ1) is 18.9. The van der Waals surface area contributed by atoms with Gasteiger partial charge in [0.15, 0.2) is 0 Å². The lowest BCUT2D eigenvalue weighted by molar-refractivity contribution is -0.138. The van der Waals surface area contributed by atoms with Crippen LogP contribution in [0.25, 0.3) is 0 Å². The van der Waals surface area contributed by atoms with Crippen molar-refractivity contribution < 1.29 is 14.4 Å². The summed E-state index contributed by atoms with van der Waals surface area (Å²) in [5, 5.41) is 5.31. The number of halogens is 2. The second kappa shape index (κ2) is 12.4. The molecule has 1 unspecified atom stereocenters. The van der Waals surface area contributed by atoms with E-state index >= 15 is 0 Å². The number of carbonyl (C=O) groups excluding carboxylic acids is 3. The molecule has 10 heteroatoms. The Morgan fingerprint density at radius 2 is 1.44 bits per heavy atom. The first kappa shape index (κ1) is 27.5. The van der Waals surface area contributed by atoms with Gasteiger partial charge in [0.05, 0.1) is 6.54 Å². The van der Waals surface area contributed by atoms with E-state index in [1.54, 1.807) is 11.0 Å². The van der Waals surface area contributed by atoms with Crippen LogP contribution in [0.4, 0.5) is 11.4 Å². The number of hydrogen-bond donors (Lipinski definition) is 2. The van der Waals surface area contributed by atoms with Crippen LogP contribution in [0.15, 0.2) is 81.7 Å². The zero-order chi connectivity index (χ0) is 27.4. The standard InChI is InChI=1S/C29H29Br2N5O3/c30-22-8-10-24(11-9-22)36-19-26(29(36)39)33-28(38)27(37)32-25-16-23(31)7-6-21(25)18-35-14-12-34(13-15-35)17-20-4-2-1-3-5-20/h1-11,16,26H,12-15,17-19H2,(H,32,37)(H,33,38). The fourth-order valence-electron chi connectivity index (χ4n) is 4.78. The molecule has 2 aliphatic heterocycles. The van der Waals surface area contributed by atoms with Crippen molar-refractivity contribution in [2.45, 2.75) is 19.1 Å². The van der Waals surface area contributed by atoms with Gasteiger partial charge in [0.2, 0.25) is 0 Å². The predicted octanol–water partition coefficient (Wildman–Crippen LogP) is 4.00. The van der Waals surface area contributed by atoms with Crippen molar-refractivity contribution >= 4 is 61.0 Å². The third kappa shape index (κ3) is 6.94. The number of β-lactam (4-membered cyclic amide) rings is 1. The summed E-state index contributed by atoms with van der Waals surface area (Å²) in [7, 11) is 0. The van der Waals surface area contributed by atoms with Crippen LogP contribution in [0.2, 0.25) is 0 Å². The number of carbonyl (C=O) groups is 3. The van der Waals surface area contributed by atoms with Crippen LogP contribution < -0.4 is 15.5 Å². The minimum Gasteiger partial charge on any atom is -0.334 e. The molecule has 0 bridgehead atoms. The first-order valence-corrected chi connectivity index (χ1v) is 14.4. The van der Waals surface area contributed by atoms with E-state index in [-0.39, 0.29) is 5.91 Å². The first-order valence-electron chi connectivity index (χ1n) is 12.8. The van der Waals surface area contributed by atoms with Gasteiger partial charge in [0.1, 0.15) is 6.04 Å². The third-order valence-electron chi connectivity index (χ3n) is 7.01. The van der Waals surface area contributed by atoms with Crippen LogP contribution in [0.3, 0.4) is 0 Å². The molecule has 3 aromatic rings. The number of amides is 3. The molecule has 2 saturated heterocycles. The van der Waals surface area contributed by atoms with Gasteiger partial charge in [-0.3, -0.25) is 24.2 Å². The monoisotopic (exact) mass is 653 g/mol. The van der Waals surface area contributed by atoms with Crippen LogP contribution >= 0.6 is 31.9 Å². The molecular formula is C29H29Br2N5O3. The van der Waals surface area contributed by atoms with Crippen LogP contribution in [0.5, 0.6) is 0 Å². The molecule has 202 valence electrons. The molecule has 8 nitrogen and oxygen atoms in total. The van der Waals surface area contributed by atoms with E-state index in [0.29, 0.717) is 18.8 Å². The zero-order valence-corrected chi connectivity index (χ0v) is 24.4.